The summed E-state index contributed by atoms with van der Waals surface area (Å²) in [5.41, 5.74) is 9.34. The third-order valence-corrected chi connectivity index (χ3v) is 7.58. The average Bonchev–Trinajstić information content (AvgIpc) is 2.90. The molecule has 0 aromatic heterocycles. The molecule has 0 aliphatic heterocycles. The van der Waals surface area contributed by atoms with Crippen LogP contribution in [0.5, 0.6) is 0 Å². The van der Waals surface area contributed by atoms with E-state index >= 15 is 0 Å². The first-order chi connectivity index (χ1) is 19.8. The van der Waals surface area contributed by atoms with Crippen molar-refractivity contribution in [2.75, 3.05) is 7.11 Å². The largest absolute Gasteiger partial charge is 0.378 e. The number of rotatable bonds is 14. The van der Waals surface area contributed by atoms with Gasteiger partial charge in [-0.3, -0.25) is 0 Å². The minimum absolute atomic E-state index is 0.119. The Morgan fingerprint density at radius 1 is 0.690 bits per heavy atom. The van der Waals surface area contributed by atoms with Gasteiger partial charge >= 0.3 is 0 Å². The van der Waals surface area contributed by atoms with Crippen LogP contribution in [0.15, 0.2) is 142 Å². The first-order valence-electron chi connectivity index (χ1n) is 15.4. The maximum absolute atomic E-state index is 5.45. The van der Waals surface area contributed by atoms with E-state index in [1.54, 1.807) is 12.7 Å². The van der Waals surface area contributed by atoms with Crippen LogP contribution in [-0.2, 0) is 4.74 Å². The van der Waals surface area contributed by atoms with Gasteiger partial charge in [-0.05, 0) is 92.1 Å². The van der Waals surface area contributed by atoms with Gasteiger partial charge in [-0.15, -0.1) is 0 Å². The van der Waals surface area contributed by atoms with Crippen LogP contribution in [0.4, 0.5) is 0 Å². The Hall–Kier alpha value is -3.16. The normalized spacial score (nSPS) is 19.0. The molecule has 0 heterocycles. The predicted octanol–water partition coefficient (Wildman–Crippen LogP) is 12.4. The second-order valence-electron chi connectivity index (χ2n) is 12.9. The molecular formula is C41H58O. The number of methoxy groups -OCH3 is 1. The van der Waals surface area contributed by atoms with Crippen LogP contribution in [-0.4, -0.2) is 12.7 Å². The zero-order valence-corrected chi connectivity index (χ0v) is 28.6. The molecule has 0 atom stereocenters. The minimum atomic E-state index is -0.119. The molecule has 0 bridgehead atoms. The van der Waals surface area contributed by atoms with Gasteiger partial charge in [-0.1, -0.05) is 151 Å². The summed E-state index contributed by atoms with van der Waals surface area (Å²) in [6, 6.07) is 0. The topological polar surface area (TPSA) is 9.23 Å². The lowest BCUT2D eigenvalue weighted by molar-refractivity contribution is 0.0255. The molecule has 0 saturated heterocycles. The van der Waals surface area contributed by atoms with E-state index in [1.807, 2.05) is 0 Å². The third kappa shape index (κ3) is 16.3. The van der Waals surface area contributed by atoms with Crippen molar-refractivity contribution in [2.24, 2.45) is 5.41 Å². The van der Waals surface area contributed by atoms with Gasteiger partial charge in [0.25, 0.3) is 0 Å². The van der Waals surface area contributed by atoms with Crippen molar-refractivity contribution >= 4 is 0 Å². The third-order valence-electron chi connectivity index (χ3n) is 7.58. The number of hydrogen-bond donors (Lipinski definition) is 0. The highest BCUT2D eigenvalue weighted by molar-refractivity contribution is 5.37. The van der Waals surface area contributed by atoms with Gasteiger partial charge in [-0.25, -0.2) is 0 Å². The van der Waals surface area contributed by atoms with Gasteiger partial charge in [0.1, 0.15) is 0 Å². The molecule has 0 saturated carbocycles. The molecule has 228 valence electrons. The Bertz CT molecular complexity index is 1230. The molecule has 0 aromatic carbocycles. The van der Waals surface area contributed by atoms with E-state index in [0.717, 1.165) is 6.42 Å². The first kappa shape index (κ1) is 36.9. The monoisotopic (exact) mass is 566 g/mol. The fourth-order valence-corrected chi connectivity index (χ4v) is 4.58. The zero-order chi connectivity index (χ0) is 31.6. The van der Waals surface area contributed by atoms with E-state index in [0.29, 0.717) is 0 Å². The van der Waals surface area contributed by atoms with E-state index in [2.05, 4.69) is 173 Å². The quantitative estimate of drug-likeness (QED) is 0.190. The number of allylic oxidation sites excluding steroid dienone is 23. The average molecular weight is 567 g/mol. The molecular weight excluding hydrogens is 508 g/mol. The second-order valence-corrected chi connectivity index (χ2v) is 12.9. The van der Waals surface area contributed by atoms with E-state index in [1.165, 1.54) is 52.7 Å². The summed E-state index contributed by atoms with van der Waals surface area (Å²) in [7, 11) is 1.76. The molecule has 1 rings (SSSR count). The highest BCUT2D eigenvalue weighted by atomic mass is 16.5. The van der Waals surface area contributed by atoms with Crippen molar-refractivity contribution in [3.05, 3.63) is 142 Å². The maximum Gasteiger partial charge on any atom is 0.0657 e. The van der Waals surface area contributed by atoms with Crippen LogP contribution >= 0.6 is 0 Å². The molecule has 0 radical (unpaired) electrons. The highest BCUT2D eigenvalue weighted by Crippen LogP contribution is 2.40. The minimum Gasteiger partial charge on any atom is -0.378 e. The van der Waals surface area contributed by atoms with E-state index in [-0.39, 0.29) is 11.0 Å². The molecule has 1 aliphatic rings. The predicted molar refractivity (Wildman–Crippen MR) is 190 cm³/mol. The van der Waals surface area contributed by atoms with Crippen LogP contribution < -0.4 is 0 Å². The SMILES string of the molecule is COC(C)(C)C/C=C/C(C)=C/C=C/C(C)=C/C=C/C(C)=C/C=C/C=C(C)/C=C/C=C(C)/C=C/C1=C(C)CCCC1(C)C. The summed E-state index contributed by atoms with van der Waals surface area (Å²) < 4.78 is 5.45. The van der Waals surface area contributed by atoms with Gasteiger partial charge in [0.15, 0.2) is 0 Å². The summed E-state index contributed by atoms with van der Waals surface area (Å²) in [4.78, 5) is 0. The maximum atomic E-state index is 5.45. The van der Waals surface area contributed by atoms with Crippen LogP contribution in [0.3, 0.4) is 0 Å². The number of hydrogen-bond acceptors (Lipinski definition) is 1. The molecule has 1 heteroatoms. The fourth-order valence-electron chi connectivity index (χ4n) is 4.58. The van der Waals surface area contributed by atoms with E-state index < -0.39 is 0 Å². The molecule has 42 heavy (non-hydrogen) atoms. The van der Waals surface area contributed by atoms with E-state index in [4.69, 9.17) is 4.74 Å². The summed E-state index contributed by atoms with van der Waals surface area (Å²) in [5.74, 6) is 0. The molecule has 0 fully saturated rings. The summed E-state index contributed by atoms with van der Waals surface area (Å²) in [5, 5.41) is 0. The molecule has 0 N–H and O–H groups in total. The van der Waals surface area contributed by atoms with Crippen LogP contribution in [0, 0.1) is 5.41 Å². The lowest BCUT2D eigenvalue weighted by Crippen LogP contribution is -2.20. The lowest BCUT2D eigenvalue weighted by atomic mass is 9.72. The smallest absolute Gasteiger partial charge is 0.0657 e. The van der Waals surface area contributed by atoms with Crippen molar-refractivity contribution in [3.8, 4) is 0 Å². The summed E-state index contributed by atoms with van der Waals surface area (Å²) in [6.07, 6.45) is 41.3. The molecule has 1 nitrogen and oxygen atoms in total. The summed E-state index contributed by atoms with van der Waals surface area (Å²) >= 11 is 0. The molecule has 0 unspecified atom stereocenters. The van der Waals surface area contributed by atoms with Gasteiger partial charge in [0, 0.05) is 7.11 Å². The molecule has 1 aliphatic carbocycles. The Balaban J connectivity index is 2.59. The van der Waals surface area contributed by atoms with E-state index in [9.17, 15) is 0 Å². The van der Waals surface area contributed by atoms with Crippen molar-refractivity contribution in [1.29, 1.82) is 0 Å². The second kappa shape index (κ2) is 19.1. The van der Waals surface area contributed by atoms with Crippen LogP contribution in [0.25, 0.3) is 0 Å². The van der Waals surface area contributed by atoms with Crippen molar-refractivity contribution in [3.63, 3.8) is 0 Å². The summed E-state index contributed by atoms with van der Waals surface area (Å²) in [6.45, 7) is 21.9. The molecule has 0 spiro atoms. The van der Waals surface area contributed by atoms with Crippen molar-refractivity contribution in [2.45, 2.75) is 101 Å². The Labute approximate surface area is 259 Å². The first-order valence-corrected chi connectivity index (χ1v) is 15.4. The van der Waals surface area contributed by atoms with Crippen LogP contribution in [0.2, 0.25) is 0 Å². The lowest BCUT2D eigenvalue weighted by Gasteiger charge is -2.32. The zero-order valence-electron chi connectivity index (χ0n) is 28.6. The van der Waals surface area contributed by atoms with Crippen molar-refractivity contribution < 1.29 is 4.74 Å². The molecule has 0 aromatic rings. The van der Waals surface area contributed by atoms with Crippen molar-refractivity contribution in [1.82, 2.24) is 0 Å². The molecule has 0 amide bonds. The van der Waals surface area contributed by atoms with Gasteiger partial charge in [0.2, 0.25) is 0 Å². The standard InChI is InChI=1S/C41H58O/c1-33(21-14-23-35(3)24-15-25-36(4)27-17-32-41(9,10)42-11)19-12-13-20-34(2)22-16-26-37(5)29-30-39-38(6)28-18-31-40(39,7)8/h12-17,19-27,29-30H,18,28,31-32H2,1-11H3/b13-12+,21-14+,22-16+,24-15+,27-17+,30-29+,33-19+,34-20+,35-23+,36-25+,37-26+. The fraction of sp³-hybridized carbons (Fsp3) is 0.415. The van der Waals surface area contributed by atoms with Gasteiger partial charge in [0.05, 0.1) is 5.60 Å². The van der Waals surface area contributed by atoms with Crippen LogP contribution in [0.1, 0.15) is 94.9 Å². The highest BCUT2D eigenvalue weighted by Gasteiger charge is 2.26. The Kier molecular flexibility index (Phi) is 16.8. The van der Waals surface area contributed by atoms with Gasteiger partial charge in [-0.2, -0.15) is 0 Å². The Morgan fingerprint density at radius 3 is 1.57 bits per heavy atom. The van der Waals surface area contributed by atoms with Gasteiger partial charge < -0.3 is 4.74 Å². The number of ether oxygens (including phenoxy) is 1. The Morgan fingerprint density at radius 2 is 1.12 bits per heavy atom.